The molecule has 0 aliphatic heterocycles. The van der Waals surface area contributed by atoms with E-state index in [4.69, 9.17) is 19.7 Å². The van der Waals surface area contributed by atoms with E-state index in [-0.39, 0.29) is 6.10 Å². The zero-order valence-electron chi connectivity index (χ0n) is 14.3. The van der Waals surface area contributed by atoms with Crippen molar-refractivity contribution < 1.29 is 29.3 Å². The molecule has 130 valence electrons. The zero-order chi connectivity index (χ0) is 17.4. The summed E-state index contributed by atoms with van der Waals surface area (Å²) >= 11 is 0. The molecule has 0 bridgehead atoms. The van der Waals surface area contributed by atoms with Crippen LogP contribution in [0, 0.1) is 10.8 Å². The summed E-state index contributed by atoms with van der Waals surface area (Å²) in [7, 11) is 0. The first kappa shape index (κ1) is 20.9. The number of carboxylic acids is 2. The Hall–Kier alpha value is -1.14. The molecule has 0 radical (unpaired) electrons. The molecule has 2 N–H and O–H groups in total. The van der Waals surface area contributed by atoms with Gasteiger partial charge >= 0.3 is 11.9 Å². The van der Waals surface area contributed by atoms with Gasteiger partial charge < -0.3 is 19.7 Å². The second-order valence-electron chi connectivity index (χ2n) is 6.98. The van der Waals surface area contributed by atoms with E-state index >= 15 is 0 Å². The van der Waals surface area contributed by atoms with Crippen molar-refractivity contribution in [3.8, 4) is 0 Å². The summed E-state index contributed by atoms with van der Waals surface area (Å²) in [4.78, 5) is 21.9. The predicted octanol–water partition coefficient (Wildman–Crippen LogP) is 2.80. The standard InChI is InChI=1S/C16H30O6/c1-12(11-16(4,5)14(19)20)22-10-9-21-8-6-7-15(2,3)13(17)18/h12H,6-11H2,1-5H3,(H,17,18)(H,19,20). The van der Waals surface area contributed by atoms with Crippen LogP contribution in [0.5, 0.6) is 0 Å². The summed E-state index contributed by atoms with van der Waals surface area (Å²) in [6.07, 6.45) is 1.53. The molecule has 1 unspecified atom stereocenters. The minimum Gasteiger partial charge on any atom is -0.481 e. The molecule has 0 heterocycles. The van der Waals surface area contributed by atoms with E-state index in [9.17, 15) is 9.59 Å². The molecular formula is C16H30O6. The molecule has 0 aromatic heterocycles. The lowest BCUT2D eigenvalue weighted by molar-refractivity contribution is -0.149. The molecule has 22 heavy (non-hydrogen) atoms. The molecule has 0 amide bonds. The molecule has 0 rings (SSSR count). The number of aliphatic carboxylic acids is 2. The molecule has 0 aliphatic rings. The van der Waals surface area contributed by atoms with Crippen molar-refractivity contribution in [1.82, 2.24) is 0 Å². The highest BCUT2D eigenvalue weighted by Gasteiger charge is 2.29. The van der Waals surface area contributed by atoms with Crippen LogP contribution < -0.4 is 0 Å². The summed E-state index contributed by atoms with van der Waals surface area (Å²) in [5.41, 5.74) is -1.53. The molecule has 0 spiro atoms. The van der Waals surface area contributed by atoms with Crippen LogP contribution in [0.2, 0.25) is 0 Å². The number of hydrogen-bond acceptors (Lipinski definition) is 4. The van der Waals surface area contributed by atoms with Gasteiger partial charge in [-0.05, 0) is 53.9 Å². The topological polar surface area (TPSA) is 93.1 Å². The second kappa shape index (κ2) is 9.10. The molecule has 0 fully saturated rings. The molecule has 0 saturated carbocycles. The van der Waals surface area contributed by atoms with Crippen LogP contribution >= 0.6 is 0 Å². The molecule has 0 aliphatic carbocycles. The first-order valence-electron chi connectivity index (χ1n) is 7.65. The van der Waals surface area contributed by atoms with Gasteiger partial charge in [-0.3, -0.25) is 9.59 Å². The van der Waals surface area contributed by atoms with Gasteiger partial charge in [0.2, 0.25) is 0 Å². The van der Waals surface area contributed by atoms with Crippen molar-refractivity contribution >= 4 is 11.9 Å². The maximum atomic E-state index is 11.0. The fourth-order valence-electron chi connectivity index (χ4n) is 2.00. The highest BCUT2D eigenvalue weighted by atomic mass is 16.5. The third-order valence-electron chi connectivity index (χ3n) is 3.68. The first-order chi connectivity index (χ1) is 9.99. The SMILES string of the molecule is CC(CC(C)(C)C(=O)O)OCCOCCCC(C)(C)C(=O)O. The summed E-state index contributed by atoms with van der Waals surface area (Å²) in [6.45, 7) is 9.92. The Bertz CT molecular complexity index is 362. The quantitative estimate of drug-likeness (QED) is 0.537. The van der Waals surface area contributed by atoms with Gasteiger partial charge in [0.1, 0.15) is 0 Å². The Morgan fingerprint density at radius 3 is 2.00 bits per heavy atom. The van der Waals surface area contributed by atoms with E-state index in [1.54, 1.807) is 27.7 Å². The molecule has 6 heteroatoms. The molecular weight excluding hydrogens is 288 g/mol. The highest BCUT2D eigenvalue weighted by molar-refractivity contribution is 5.73. The Kier molecular flexibility index (Phi) is 8.63. The van der Waals surface area contributed by atoms with Gasteiger partial charge in [-0.1, -0.05) is 0 Å². The lowest BCUT2D eigenvalue weighted by atomic mass is 9.87. The van der Waals surface area contributed by atoms with E-state index < -0.39 is 22.8 Å². The van der Waals surface area contributed by atoms with Crippen molar-refractivity contribution in [2.75, 3.05) is 19.8 Å². The largest absolute Gasteiger partial charge is 0.481 e. The maximum absolute atomic E-state index is 11.0. The summed E-state index contributed by atoms with van der Waals surface area (Å²) in [5.74, 6) is -1.63. The van der Waals surface area contributed by atoms with Crippen LogP contribution in [0.25, 0.3) is 0 Å². The van der Waals surface area contributed by atoms with Crippen LogP contribution in [0.3, 0.4) is 0 Å². The van der Waals surface area contributed by atoms with Crippen LogP contribution in [0.4, 0.5) is 0 Å². The zero-order valence-corrected chi connectivity index (χ0v) is 14.3. The lowest BCUT2D eigenvalue weighted by Gasteiger charge is -2.23. The van der Waals surface area contributed by atoms with Gasteiger partial charge in [0.05, 0.1) is 30.1 Å². The number of rotatable bonds is 12. The van der Waals surface area contributed by atoms with Crippen LogP contribution in [0.1, 0.15) is 53.9 Å². The van der Waals surface area contributed by atoms with Crippen molar-refractivity contribution in [2.45, 2.75) is 60.0 Å². The average Bonchev–Trinajstić information content (AvgIpc) is 2.36. The van der Waals surface area contributed by atoms with E-state index in [0.29, 0.717) is 39.1 Å². The smallest absolute Gasteiger partial charge is 0.309 e. The van der Waals surface area contributed by atoms with Crippen LogP contribution in [0.15, 0.2) is 0 Å². The third-order valence-corrected chi connectivity index (χ3v) is 3.68. The predicted molar refractivity (Wildman–Crippen MR) is 82.9 cm³/mol. The summed E-state index contributed by atoms with van der Waals surface area (Å²) in [6, 6.07) is 0. The molecule has 0 saturated heterocycles. The van der Waals surface area contributed by atoms with Crippen molar-refractivity contribution in [2.24, 2.45) is 10.8 Å². The highest BCUT2D eigenvalue weighted by Crippen LogP contribution is 2.24. The van der Waals surface area contributed by atoms with Crippen LogP contribution in [-0.4, -0.2) is 48.1 Å². The first-order valence-corrected chi connectivity index (χ1v) is 7.65. The molecule has 0 aromatic carbocycles. The fourth-order valence-corrected chi connectivity index (χ4v) is 2.00. The van der Waals surface area contributed by atoms with Gasteiger partial charge in [-0.2, -0.15) is 0 Å². The Balaban J connectivity index is 3.70. The van der Waals surface area contributed by atoms with Crippen molar-refractivity contribution in [3.05, 3.63) is 0 Å². The monoisotopic (exact) mass is 318 g/mol. The van der Waals surface area contributed by atoms with Gasteiger partial charge in [0.15, 0.2) is 0 Å². The molecule has 1 atom stereocenters. The van der Waals surface area contributed by atoms with Gasteiger partial charge in [-0.15, -0.1) is 0 Å². The van der Waals surface area contributed by atoms with E-state index in [2.05, 4.69) is 0 Å². The molecule has 6 nitrogen and oxygen atoms in total. The summed E-state index contributed by atoms with van der Waals surface area (Å²) in [5, 5.41) is 18.0. The minimum atomic E-state index is -0.833. The lowest BCUT2D eigenvalue weighted by Crippen LogP contribution is -2.29. The number of carboxylic acid groups (broad SMARTS) is 2. The van der Waals surface area contributed by atoms with Gasteiger partial charge in [0, 0.05) is 6.61 Å². The number of hydrogen-bond donors (Lipinski definition) is 2. The van der Waals surface area contributed by atoms with E-state index in [1.165, 1.54) is 0 Å². The Morgan fingerprint density at radius 2 is 1.50 bits per heavy atom. The van der Waals surface area contributed by atoms with E-state index in [0.717, 1.165) is 0 Å². The van der Waals surface area contributed by atoms with Gasteiger partial charge in [-0.25, -0.2) is 0 Å². The molecule has 0 aromatic rings. The summed E-state index contributed by atoms with van der Waals surface area (Å²) < 4.78 is 10.9. The Morgan fingerprint density at radius 1 is 0.955 bits per heavy atom. The minimum absolute atomic E-state index is 0.152. The Labute approximate surface area is 132 Å². The van der Waals surface area contributed by atoms with Crippen molar-refractivity contribution in [1.29, 1.82) is 0 Å². The second-order valence-corrected chi connectivity index (χ2v) is 6.98. The third kappa shape index (κ3) is 8.34. The average molecular weight is 318 g/mol. The van der Waals surface area contributed by atoms with Gasteiger partial charge in [0.25, 0.3) is 0 Å². The number of carbonyl (C=O) groups is 2. The van der Waals surface area contributed by atoms with E-state index in [1.807, 2.05) is 6.92 Å². The van der Waals surface area contributed by atoms with Crippen molar-refractivity contribution in [3.63, 3.8) is 0 Å². The maximum Gasteiger partial charge on any atom is 0.309 e. The number of ether oxygens (including phenoxy) is 2. The van der Waals surface area contributed by atoms with Crippen LogP contribution in [-0.2, 0) is 19.1 Å². The fraction of sp³-hybridized carbons (Fsp3) is 0.875. The normalized spacial score (nSPS) is 13.9.